The number of carbonyl (C=O) groups excluding carboxylic acids is 1. The van der Waals surface area contributed by atoms with Crippen LogP contribution in [0.15, 0.2) is 6.07 Å². The molecule has 2 atom stereocenters. The van der Waals surface area contributed by atoms with Crippen molar-refractivity contribution in [2.24, 2.45) is 0 Å². The zero-order valence-electron chi connectivity index (χ0n) is 12.6. The molecule has 20 heavy (non-hydrogen) atoms. The molecule has 1 heterocycles. The molecule has 1 aromatic rings. The molecule has 0 bridgehead atoms. The fourth-order valence-electron chi connectivity index (χ4n) is 2.49. The first-order chi connectivity index (χ1) is 9.37. The van der Waals surface area contributed by atoms with Crippen LogP contribution in [0.1, 0.15) is 51.6 Å². The largest absolute Gasteiger partial charge is 0.446 e. The smallest absolute Gasteiger partial charge is 0.407 e. The minimum atomic E-state index is -0.330. The molecular weight excluding hydrogens is 256 g/mol. The van der Waals surface area contributed by atoms with Gasteiger partial charge in [-0.1, -0.05) is 0 Å². The lowest BCUT2D eigenvalue weighted by Crippen LogP contribution is -2.42. The lowest BCUT2D eigenvalue weighted by Gasteiger charge is -2.22. The van der Waals surface area contributed by atoms with Gasteiger partial charge in [0.1, 0.15) is 11.9 Å². The number of rotatable bonds is 3. The van der Waals surface area contributed by atoms with E-state index in [1.54, 1.807) is 0 Å². The van der Waals surface area contributed by atoms with Gasteiger partial charge in [0.15, 0.2) is 0 Å². The molecule has 0 radical (unpaired) electrons. The molecule has 1 fully saturated rings. The average Bonchev–Trinajstić information content (AvgIpc) is 2.93. The zero-order chi connectivity index (χ0) is 14.8. The van der Waals surface area contributed by atoms with Gasteiger partial charge >= 0.3 is 6.09 Å². The summed E-state index contributed by atoms with van der Waals surface area (Å²) in [5.41, 5.74) is 0.844. The number of nitrogens with zero attached hydrogens (tertiary/aromatic N) is 1. The second-order valence-electron chi connectivity index (χ2n) is 6.37. The molecule has 1 aliphatic rings. The molecule has 1 saturated carbocycles. The summed E-state index contributed by atoms with van der Waals surface area (Å²) in [7, 11) is 1.84. The number of alkyl carbamates (subject to hydrolysis) is 1. The highest BCUT2D eigenvalue weighted by molar-refractivity contribution is 5.68. The average molecular weight is 280 g/mol. The minimum absolute atomic E-state index is 0.0105. The number of nitrogens with one attached hydrogen (secondary N) is 3. The third-order valence-electron chi connectivity index (χ3n) is 3.43. The lowest BCUT2D eigenvalue weighted by molar-refractivity contribution is 0.0937. The van der Waals surface area contributed by atoms with E-state index < -0.39 is 0 Å². The van der Waals surface area contributed by atoms with Crippen LogP contribution in [0, 0.1) is 0 Å². The molecule has 0 saturated heterocycles. The van der Waals surface area contributed by atoms with E-state index in [4.69, 9.17) is 4.74 Å². The van der Waals surface area contributed by atoms with Gasteiger partial charge in [-0.3, -0.25) is 5.10 Å². The van der Waals surface area contributed by atoms with Crippen LogP contribution >= 0.6 is 0 Å². The molecule has 0 unspecified atom stereocenters. The topological polar surface area (TPSA) is 79.0 Å². The Morgan fingerprint density at radius 3 is 2.80 bits per heavy atom. The predicted octanol–water partition coefficient (Wildman–Crippen LogP) is 2.61. The van der Waals surface area contributed by atoms with E-state index in [2.05, 4.69) is 20.8 Å². The van der Waals surface area contributed by atoms with E-state index in [9.17, 15) is 4.79 Å². The van der Waals surface area contributed by atoms with Crippen LogP contribution < -0.4 is 10.6 Å². The molecule has 3 N–H and O–H groups in total. The summed E-state index contributed by atoms with van der Waals surface area (Å²) >= 11 is 0. The first-order valence-corrected chi connectivity index (χ1v) is 7.09. The van der Waals surface area contributed by atoms with Crippen LogP contribution in [0.3, 0.4) is 0 Å². The Labute approximate surface area is 119 Å². The van der Waals surface area contributed by atoms with Crippen molar-refractivity contribution in [1.29, 1.82) is 0 Å². The molecule has 6 nitrogen and oxygen atoms in total. The molecule has 1 aromatic heterocycles. The third-order valence-corrected chi connectivity index (χ3v) is 3.43. The maximum atomic E-state index is 11.7. The van der Waals surface area contributed by atoms with Crippen LogP contribution in [0.4, 0.5) is 10.6 Å². The van der Waals surface area contributed by atoms with Gasteiger partial charge < -0.3 is 15.4 Å². The van der Waals surface area contributed by atoms with E-state index >= 15 is 0 Å². The summed E-state index contributed by atoms with van der Waals surface area (Å²) in [5, 5.41) is 13.0. The summed E-state index contributed by atoms with van der Waals surface area (Å²) in [4.78, 5) is 11.7. The first kappa shape index (κ1) is 14.7. The standard InChI is InChI=1S/C14H24N4O2/c1-14(2,3)16-13(19)20-10-6-5-9(7-10)11-8-12(15-4)18-17-11/h8-10H,5-7H2,1-4H3,(H,16,19)(H2,15,17,18)/t9-,10+/m0/s1. The molecule has 2 rings (SSSR count). The van der Waals surface area contributed by atoms with Gasteiger partial charge in [-0.05, 0) is 40.0 Å². The van der Waals surface area contributed by atoms with Gasteiger partial charge in [0, 0.05) is 30.3 Å². The van der Waals surface area contributed by atoms with Crippen molar-refractivity contribution in [2.45, 2.75) is 57.6 Å². The fourth-order valence-corrected chi connectivity index (χ4v) is 2.49. The van der Waals surface area contributed by atoms with Crippen molar-refractivity contribution in [1.82, 2.24) is 15.5 Å². The normalized spacial score (nSPS) is 22.6. The Kier molecular flexibility index (Phi) is 4.20. The van der Waals surface area contributed by atoms with Gasteiger partial charge in [-0.15, -0.1) is 0 Å². The van der Waals surface area contributed by atoms with E-state index in [1.807, 2.05) is 33.9 Å². The van der Waals surface area contributed by atoms with Crippen molar-refractivity contribution < 1.29 is 9.53 Å². The van der Waals surface area contributed by atoms with Crippen LogP contribution in [-0.2, 0) is 4.74 Å². The highest BCUT2D eigenvalue weighted by atomic mass is 16.6. The van der Waals surface area contributed by atoms with Crippen molar-refractivity contribution in [3.63, 3.8) is 0 Å². The summed E-state index contributed by atoms with van der Waals surface area (Å²) < 4.78 is 5.47. The first-order valence-electron chi connectivity index (χ1n) is 7.09. The predicted molar refractivity (Wildman–Crippen MR) is 77.9 cm³/mol. The Morgan fingerprint density at radius 1 is 1.45 bits per heavy atom. The summed E-state index contributed by atoms with van der Waals surface area (Å²) in [6.45, 7) is 5.82. The number of aromatic amines is 1. The van der Waals surface area contributed by atoms with E-state index in [0.29, 0.717) is 5.92 Å². The van der Waals surface area contributed by atoms with E-state index in [1.165, 1.54) is 0 Å². The Morgan fingerprint density at radius 2 is 2.20 bits per heavy atom. The molecule has 0 spiro atoms. The second kappa shape index (κ2) is 5.73. The van der Waals surface area contributed by atoms with Crippen LogP contribution in [-0.4, -0.2) is 35.0 Å². The molecule has 0 aliphatic heterocycles. The van der Waals surface area contributed by atoms with E-state index in [0.717, 1.165) is 30.8 Å². The fraction of sp³-hybridized carbons (Fsp3) is 0.714. The van der Waals surface area contributed by atoms with Crippen molar-refractivity contribution in [3.05, 3.63) is 11.8 Å². The summed E-state index contributed by atoms with van der Waals surface area (Å²) in [6, 6.07) is 2.02. The Bertz CT molecular complexity index is 464. The number of anilines is 1. The van der Waals surface area contributed by atoms with Crippen molar-refractivity contribution >= 4 is 11.9 Å². The van der Waals surface area contributed by atoms with Gasteiger partial charge in [0.2, 0.25) is 0 Å². The van der Waals surface area contributed by atoms with Crippen LogP contribution in [0.5, 0.6) is 0 Å². The van der Waals surface area contributed by atoms with Gasteiger partial charge in [-0.2, -0.15) is 5.10 Å². The van der Waals surface area contributed by atoms with Crippen molar-refractivity contribution in [2.75, 3.05) is 12.4 Å². The number of aromatic nitrogens is 2. The number of H-pyrrole nitrogens is 1. The van der Waals surface area contributed by atoms with Crippen LogP contribution in [0.2, 0.25) is 0 Å². The summed E-state index contributed by atoms with van der Waals surface area (Å²) in [5.74, 6) is 1.23. The highest BCUT2D eigenvalue weighted by Crippen LogP contribution is 2.35. The molecule has 6 heteroatoms. The van der Waals surface area contributed by atoms with Gasteiger partial charge in [0.05, 0.1) is 0 Å². The number of hydrogen-bond donors (Lipinski definition) is 3. The minimum Gasteiger partial charge on any atom is -0.446 e. The summed E-state index contributed by atoms with van der Waals surface area (Å²) in [6.07, 6.45) is 2.42. The third kappa shape index (κ3) is 3.88. The number of carbonyl (C=O) groups is 1. The molecule has 112 valence electrons. The van der Waals surface area contributed by atoms with Gasteiger partial charge in [0.25, 0.3) is 0 Å². The monoisotopic (exact) mass is 280 g/mol. The number of amides is 1. The maximum Gasteiger partial charge on any atom is 0.407 e. The van der Waals surface area contributed by atoms with Crippen molar-refractivity contribution in [3.8, 4) is 0 Å². The quantitative estimate of drug-likeness (QED) is 0.795. The second-order valence-corrected chi connectivity index (χ2v) is 6.37. The highest BCUT2D eigenvalue weighted by Gasteiger charge is 2.30. The molecule has 1 amide bonds. The maximum absolute atomic E-state index is 11.7. The SMILES string of the molecule is CNc1cc([C@H]2CC[C@@H](OC(=O)NC(C)(C)C)C2)[nH]n1. The lowest BCUT2D eigenvalue weighted by atomic mass is 10.0. The molecule has 1 aliphatic carbocycles. The van der Waals surface area contributed by atoms with Crippen LogP contribution in [0.25, 0.3) is 0 Å². The Hall–Kier alpha value is -1.72. The zero-order valence-corrected chi connectivity index (χ0v) is 12.6. The molecule has 0 aromatic carbocycles. The Balaban J connectivity index is 1.84. The van der Waals surface area contributed by atoms with Gasteiger partial charge in [-0.25, -0.2) is 4.79 Å². The van der Waals surface area contributed by atoms with E-state index in [-0.39, 0.29) is 17.7 Å². The molecular formula is C14H24N4O2. The number of ether oxygens (including phenoxy) is 1. The number of hydrogen-bond acceptors (Lipinski definition) is 4.